The van der Waals surface area contributed by atoms with Gasteiger partial charge in [-0.05, 0) is 75.0 Å². The molecule has 1 aliphatic heterocycles. The van der Waals surface area contributed by atoms with Crippen LogP contribution < -0.4 is 24.7 Å². The van der Waals surface area contributed by atoms with Crippen LogP contribution in [0.2, 0.25) is 5.02 Å². The van der Waals surface area contributed by atoms with Gasteiger partial charge in [-0.15, -0.1) is 12.4 Å². The highest BCUT2D eigenvalue weighted by Crippen LogP contribution is 2.31. The van der Waals surface area contributed by atoms with E-state index in [4.69, 9.17) is 31.5 Å². The number of nitrogens with one attached hydrogen (secondary N) is 1. The number of nitrogens with zero attached hydrogens (tertiary/aromatic N) is 1. The number of anilines is 1. The molecule has 0 radical (unpaired) electrons. The molecule has 1 aliphatic rings. The second-order valence-corrected chi connectivity index (χ2v) is 12.3. The summed E-state index contributed by atoms with van der Waals surface area (Å²) < 4.78 is 41.7. The highest BCUT2D eigenvalue weighted by molar-refractivity contribution is 7.88. The molecule has 2 aromatic rings. The Morgan fingerprint density at radius 1 is 1.10 bits per heavy atom. The van der Waals surface area contributed by atoms with E-state index in [1.54, 1.807) is 32.4 Å². The van der Waals surface area contributed by atoms with Gasteiger partial charge in [-0.25, -0.2) is 13.1 Å². The van der Waals surface area contributed by atoms with Crippen LogP contribution in [0.15, 0.2) is 30.3 Å². The van der Waals surface area contributed by atoms with E-state index in [0.717, 1.165) is 50.9 Å². The lowest BCUT2D eigenvalue weighted by Gasteiger charge is -2.31. The Morgan fingerprint density at radius 2 is 1.75 bits per heavy atom. The summed E-state index contributed by atoms with van der Waals surface area (Å²) in [5, 5.41) is 0.391. The first-order valence-corrected chi connectivity index (χ1v) is 15.4. The van der Waals surface area contributed by atoms with E-state index in [1.165, 1.54) is 6.26 Å². The van der Waals surface area contributed by atoms with Gasteiger partial charge in [0.15, 0.2) is 0 Å². The molecule has 2 aromatic carbocycles. The fraction of sp³-hybridized carbons (Fsp3) is 0.536. The molecule has 0 atom stereocenters. The summed E-state index contributed by atoms with van der Waals surface area (Å²) in [5.74, 6) is 2.49. The molecule has 1 fully saturated rings. The van der Waals surface area contributed by atoms with Crippen LogP contribution >= 0.6 is 24.0 Å². The first-order chi connectivity index (χ1) is 18.6. The van der Waals surface area contributed by atoms with Crippen LogP contribution in [0, 0.1) is 5.92 Å². The van der Waals surface area contributed by atoms with Gasteiger partial charge in [0.25, 0.3) is 0 Å². The first-order valence-electron chi connectivity index (χ1n) is 13.2. The van der Waals surface area contributed by atoms with Crippen molar-refractivity contribution in [3.05, 3.63) is 46.5 Å². The Balaban J connectivity index is 0.00000560. The molecule has 0 amide bonds. The molecule has 1 saturated heterocycles. The number of Topliss-reactive ketones (excluding diaryl/α,β-unsaturated/α-hetero) is 1. The molecule has 40 heavy (non-hydrogen) atoms. The summed E-state index contributed by atoms with van der Waals surface area (Å²) in [6.07, 6.45) is 5.60. The average molecular weight is 619 g/mol. The minimum Gasteiger partial charge on any atom is -0.497 e. The van der Waals surface area contributed by atoms with Crippen LogP contribution in [0.25, 0.3) is 0 Å². The minimum absolute atomic E-state index is 0. The van der Waals surface area contributed by atoms with Crippen LogP contribution in [0.1, 0.15) is 43.2 Å². The number of nitrogen functional groups attached to an aromatic ring is 1. The highest BCUT2D eigenvalue weighted by Gasteiger charge is 2.20. The Hall–Kier alpha value is -2.24. The zero-order chi connectivity index (χ0) is 28.4. The molecule has 3 N–H and O–H groups in total. The van der Waals surface area contributed by atoms with Crippen molar-refractivity contribution >= 4 is 45.5 Å². The van der Waals surface area contributed by atoms with Gasteiger partial charge in [-0.1, -0.05) is 11.6 Å². The lowest BCUT2D eigenvalue weighted by molar-refractivity contribution is -0.118. The molecule has 0 unspecified atom stereocenters. The third-order valence-electron chi connectivity index (χ3n) is 6.93. The number of piperidine rings is 1. The monoisotopic (exact) mass is 617 g/mol. The van der Waals surface area contributed by atoms with Crippen molar-refractivity contribution in [2.24, 2.45) is 5.92 Å². The summed E-state index contributed by atoms with van der Waals surface area (Å²) >= 11 is 6.27. The van der Waals surface area contributed by atoms with Crippen LogP contribution in [0.3, 0.4) is 0 Å². The maximum Gasteiger partial charge on any atom is 0.208 e. The van der Waals surface area contributed by atoms with Crippen molar-refractivity contribution in [1.82, 2.24) is 9.62 Å². The standard InChI is InChI=1S/C28H40ClN3O6S.ClH/c1-36-24-13-21(14-25(17-24)37-2)19-38-28-18-27(30)26(29)16-22(28)15-23(33)5-4-10-32-11-7-20(8-12-32)6-9-31-39(3,34)35;/h13-14,16-18,20,31H,4-12,15,19,30H2,1-3H3;1H. The topological polar surface area (TPSA) is 120 Å². The number of nitrogens with two attached hydrogens (primary N) is 1. The minimum atomic E-state index is -3.13. The number of benzene rings is 2. The normalized spacial score (nSPS) is 14.4. The van der Waals surface area contributed by atoms with E-state index in [2.05, 4.69) is 9.62 Å². The molecule has 224 valence electrons. The van der Waals surface area contributed by atoms with Crippen molar-refractivity contribution in [3.63, 3.8) is 0 Å². The largest absolute Gasteiger partial charge is 0.497 e. The van der Waals surface area contributed by atoms with Gasteiger partial charge in [-0.3, -0.25) is 4.79 Å². The van der Waals surface area contributed by atoms with Crippen molar-refractivity contribution in [2.45, 2.75) is 45.1 Å². The number of ketones is 1. The number of likely N-dealkylation sites (tertiary alicyclic amines) is 1. The number of carbonyl (C=O) groups excluding carboxylic acids is 1. The zero-order valence-corrected chi connectivity index (χ0v) is 25.8. The summed E-state index contributed by atoms with van der Waals surface area (Å²) in [7, 11) is 0.0512. The molecule has 12 heteroatoms. The number of hydrogen-bond acceptors (Lipinski definition) is 8. The van der Waals surface area contributed by atoms with Gasteiger partial charge >= 0.3 is 0 Å². The third-order valence-corrected chi connectivity index (χ3v) is 7.98. The second kappa shape index (κ2) is 16.3. The van der Waals surface area contributed by atoms with E-state index >= 15 is 0 Å². The quantitative estimate of drug-likeness (QED) is 0.281. The van der Waals surface area contributed by atoms with Gasteiger partial charge in [0.2, 0.25) is 10.0 Å². The maximum absolute atomic E-state index is 12.9. The maximum atomic E-state index is 12.9. The Bertz CT molecular complexity index is 1200. The highest BCUT2D eigenvalue weighted by atomic mass is 35.5. The number of ether oxygens (including phenoxy) is 3. The Morgan fingerprint density at radius 3 is 2.35 bits per heavy atom. The van der Waals surface area contributed by atoms with E-state index in [-0.39, 0.29) is 31.2 Å². The lowest BCUT2D eigenvalue weighted by Crippen LogP contribution is -2.35. The second-order valence-electron chi connectivity index (χ2n) is 10.1. The number of carbonyl (C=O) groups is 1. The van der Waals surface area contributed by atoms with Gasteiger partial charge in [0, 0.05) is 37.1 Å². The van der Waals surface area contributed by atoms with E-state index in [9.17, 15) is 13.2 Å². The third kappa shape index (κ3) is 11.3. The van der Waals surface area contributed by atoms with E-state index < -0.39 is 10.0 Å². The van der Waals surface area contributed by atoms with E-state index in [0.29, 0.717) is 52.4 Å². The molecule has 0 aliphatic carbocycles. The number of hydrogen-bond donors (Lipinski definition) is 2. The predicted octanol–water partition coefficient (Wildman–Crippen LogP) is 4.48. The molecule has 1 heterocycles. The number of methoxy groups -OCH3 is 2. The molecule has 0 saturated carbocycles. The zero-order valence-electron chi connectivity index (χ0n) is 23.4. The fourth-order valence-corrected chi connectivity index (χ4v) is 5.42. The average Bonchev–Trinajstić information content (AvgIpc) is 2.89. The first kappa shape index (κ1) is 34.0. The molecular weight excluding hydrogens is 577 g/mol. The molecule has 0 spiro atoms. The SMILES string of the molecule is COc1cc(COc2cc(N)c(Cl)cc2CC(=O)CCCN2CCC(CCNS(C)(=O)=O)CC2)cc(OC)c1.Cl. The Labute approximate surface area is 249 Å². The van der Waals surface area contributed by atoms with E-state index in [1.807, 2.05) is 12.1 Å². The van der Waals surface area contributed by atoms with Gasteiger partial charge < -0.3 is 24.8 Å². The summed E-state index contributed by atoms with van der Waals surface area (Å²) in [6, 6.07) is 8.89. The van der Waals surface area contributed by atoms with Crippen molar-refractivity contribution in [1.29, 1.82) is 0 Å². The van der Waals surface area contributed by atoms with Crippen molar-refractivity contribution in [2.75, 3.05) is 52.4 Å². The predicted molar refractivity (Wildman–Crippen MR) is 162 cm³/mol. The summed E-state index contributed by atoms with van der Waals surface area (Å²) in [5.41, 5.74) is 7.98. The molecule has 3 rings (SSSR count). The fourth-order valence-electron chi connectivity index (χ4n) is 4.74. The van der Waals surface area contributed by atoms with Crippen LogP contribution in [-0.4, -0.2) is 65.8 Å². The molecule has 9 nitrogen and oxygen atoms in total. The van der Waals surface area contributed by atoms with Gasteiger partial charge in [-0.2, -0.15) is 0 Å². The van der Waals surface area contributed by atoms with Crippen LogP contribution in [0.5, 0.6) is 17.2 Å². The smallest absolute Gasteiger partial charge is 0.208 e. The Kier molecular flexibility index (Phi) is 13.8. The van der Waals surface area contributed by atoms with Crippen LogP contribution in [-0.2, 0) is 27.8 Å². The van der Waals surface area contributed by atoms with Crippen LogP contribution in [0.4, 0.5) is 5.69 Å². The molecule has 0 aromatic heterocycles. The molecular formula is C28H41Cl2N3O6S. The number of sulfonamides is 1. The number of halogens is 2. The summed E-state index contributed by atoms with van der Waals surface area (Å²) in [6.45, 7) is 3.54. The van der Waals surface area contributed by atoms with Gasteiger partial charge in [0.05, 0.1) is 31.2 Å². The summed E-state index contributed by atoms with van der Waals surface area (Å²) in [4.78, 5) is 15.2. The van der Waals surface area contributed by atoms with Crippen molar-refractivity contribution in [3.8, 4) is 17.2 Å². The van der Waals surface area contributed by atoms with Gasteiger partial charge in [0.1, 0.15) is 29.6 Å². The number of rotatable bonds is 15. The lowest BCUT2D eigenvalue weighted by atomic mass is 9.93. The molecule has 0 bridgehead atoms. The van der Waals surface area contributed by atoms with Crippen molar-refractivity contribution < 1.29 is 27.4 Å².